The summed E-state index contributed by atoms with van der Waals surface area (Å²) < 4.78 is 18.6. The molecule has 12 heteroatoms. The van der Waals surface area contributed by atoms with Crippen molar-refractivity contribution in [1.82, 2.24) is 24.3 Å². The molecule has 0 spiro atoms. The Kier molecular flexibility index (Phi) is 6.06. The predicted octanol–water partition coefficient (Wildman–Crippen LogP) is 2.19. The Bertz CT molecular complexity index is 1500. The van der Waals surface area contributed by atoms with Crippen LogP contribution in [0.5, 0.6) is 11.6 Å². The van der Waals surface area contributed by atoms with Crippen molar-refractivity contribution in [2.45, 2.75) is 12.3 Å². The average molecular weight is 531 g/mol. The number of aliphatic hydroxyl groups is 1. The molecule has 4 aromatic rings. The first-order valence-corrected chi connectivity index (χ1v) is 13.1. The van der Waals surface area contributed by atoms with Gasteiger partial charge in [0.15, 0.2) is 17.7 Å². The second kappa shape index (κ2) is 9.88. The molecule has 1 aromatic carbocycles. The van der Waals surface area contributed by atoms with Gasteiger partial charge in [-0.3, -0.25) is 4.90 Å². The number of aliphatic hydroxyl groups excluding tert-OH is 1. The number of methoxy groups -OCH3 is 1. The molecule has 3 aliphatic rings. The Morgan fingerprint density at radius 1 is 1.10 bits per heavy atom. The fourth-order valence-electron chi connectivity index (χ4n) is 5.26. The third kappa shape index (κ3) is 4.56. The van der Waals surface area contributed by atoms with E-state index in [0.717, 1.165) is 62.1 Å². The fourth-order valence-corrected chi connectivity index (χ4v) is 5.26. The summed E-state index contributed by atoms with van der Waals surface area (Å²) in [5.41, 5.74) is 4.71. The zero-order valence-electron chi connectivity index (χ0n) is 21.6. The van der Waals surface area contributed by atoms with Crippen LogP contribution in [0.15, 0.2) is 49.1 Å². The van der Waals surface area contributed by atoms with E-state index >= 15 is 0 Å². The quantitative estimate of drug-likeness (QED) is 0.340. The van der Waals surface area contributed by atoms with E-state index in [9.17, 15) is 5.11 Å². The van der Waals surface area contributed by atoms with Gasteiger partial charge < -0.3 is 39.3 Å². The van der Waals surface area contributed by atoms with E-state index in [1.165, 1.54) is 0 Å². The van der Waals surface area contributed by atoms with Crippen LogP contribution in [0.4, 0.5) is 22.9 Å². The number of pyridine rings is 1. The van der Waals surface area contributed by atoms with Crippen molar-refractivity contribution in [3.8, 4) is 22.9 Å². The molecule has 0 aliphatic carbocycles. The normalized spacial score (nSPS) is 19.6. The lowest BCUT2D eigenvalue weighted by Gasteiger charge is -2.43. The van der Waals surface area contributed by atoms with Crippen LogP contribution in [-0.4, -0.2) is 94.7 Å². The van der Waals surface area contributed by atoms with Crippen molar-refractivity contribution in [3.63, 3.8) is 0 Å². The standard InChI is InChI=1S/C27H30N8O4/c1-37-23-11-18(2-3-22(23)34-8-6-33(7-9-34)19-14-38-15-19)30-25-26-28-4-5-35(26)13-21(32-25)17-10-20-27(29-12-17)39-16-24(36)31-20/h2-5,10-13,19,24,31,36H,6-9,14-16H2,1H3,(H,30,32). The maximum atomic E-state index is 9.91. The van der Waals surface area contributed by atoms with Crippen LogP contribution in [0.2, 0.25) is 0 Å². The number of benzene rings is 1. The summed E-state index contributed by atoms with van der Waals surface area (Å²) in [7, 11) is 1.70. The van der Waals surface area contributed by atoms with Crippen molar-refractivity contribution < 1.29 is 19.3 Å². The van der Waals surface area contributed by atoms with Crippen molar-refractivity contribution in [3.05, 3.63) is 49.1 Å². The molecule has 0 saturated carbocycles. The number of rotatable bonds is 6. The molecule has 3 aromatic heterocycles. The Balaban J connectivity index is 1.15. The maximum absolute atomic E-state index is 9.91. The Morgan fingerprint density at radius 3 is 2.77 bits per heavy atom. The highest BCUT2D eigenvalue weighted by molar-refractivity contribution is 5.77. The molecule has 7 rings (SSSR count). The fraction of sp³-hybridized carbons (Fsp3) is 0.370. The van der Waals surface area contributed by atoms with Crippen LogP contribution >= 0.6 is 0 Å². The van der Waals surface area contributed by atoms with E-state index in [0.29, 0.717) is 34.8 Å². The van der Waals surface area contributed by atoms with E-state index in [-0.39, 0.29) is 6.61 Å². The molecular formula is C27H30N8O4. The number of hydrogen-bond donors (Lipinski definition) is 3. The van der Waals surface area contributed by atoms with Gasteiger partial charge >= 0.3 is 0 Å². The first kappa shape index (κ1) is 23.9. The van der Waals surface area contributed by atoms with Crippen molar-refractivity contribution in [2.75, 3.05) is 68.6 Å². The second-order valence-corrected chi connectivity index (χ2v) is 9.91. The highest BCUT2D eigenvalue weighted by Crippen LogP contribution is 2.35. The topological polar surface area (TPSA) is 122 Å². The minimum absolute atomic E-state index is 0.154. The molecule has 2 saturated heterocycles. The summed E-state index contributed by atoms with van der Waals surface area (Å²) in [4.78, 5) is 18.7. The maximum Gasteiger partial charge on any atom is 0.237 e. The summed E-state index contributed by atoms with van der Waals surface area (Å²) in [5, 5.41) is 16.3. The number of imidazole rings is 1. The van der Waals surface area contributed by atoms with E-state index in [1.54, 1.807) is 19.5 Å². The Labute approximate surface area is 225 Å². The SMILES string of the molecule is COc1cc(Nc2nc(-c3cnc4c(c3)NC(O)CO4)cn3ccnc23)ccc1N1CCN(C2COC2)CC1. The van der Waals surface area contributed by atoms with E-state index in [2.05, 4.69) is 36.5 Å². The van der Waals surface area contributed by atoms with Crippen LogP contribution in [0.3, 0.4) is 0 Å². The first-order chi connectivity index (χ1) is 19.1. The Morgan fingerprint density at radius 2 is 1.97 bits per heavy atom. The van der Waals surface area contributed by atoms with Crippen LogP contribution in [-0.2, 0) is 4.74 Å². The number of nitrogens with one attached hydrogen (secondary N) is 2. The summed E-state index contributed by atoms with van der Waals surface area (Å²) in [6, 6.07) is 8.57. The molecule has 0 radical (unpaired) electrons. The lowest BCUT2D eigenvalue weighted by Crippen LogP contribution is -2.56. The molecule has 12 nitrogen and oxygen atoms in total. The van der Waals surface area contributed by atoms with Gasteiger partial charge in [0.25, 0.3) is 0 Å². The number of ether oxygens (including phenoxy) is 3. The summed E-state index contributed by atoms with van der Waals surface area (Å²) in [6.07, 6.45) is 6.44. The van der Waals surface area contributed by atoms with Crippen molar-refractivity contribution >= 4 is 28.5 Å². The largest absolute Gasteiger partial charge is 0.495 e. The number of fused-ring (bicyclic) bond motifs is 2. The molecule has 2 fully saturated rings. The van der Waals surface area contributed by atoms with Gasteiger partial charge in [-0.1, -0.05) is 0 Å². The molecule has 0 amide bonds. The molecule has 202 valence electrons. The minimum Gasteiger partial charge on any atom is -0.495 e. The van der Waals surface area contributed by atoms with Gasteiger partial charge in [0.1, 0.15) is 18.0 Å². The van der Waals surface area contributed by atoms with Crippen molar-refractivity contribution in [1.29, 1.82) is 0 Å². The van der Waals surface area contributed by atoms with Gasteiger partial charge in [-0.2, -0.15) is 0 Å². The number of hydrogen-bond acceptors (Lipinski definition) is 11. The molecule has 39 heavy (non-hydrogen) atoms. The zero-order chi connectivity index (χ0) is 26.3. The molecule has 1 atom stereocenters. The van der Waals surface area contributed by atoms with Crippen LogP contribution in [0, 0.1) is 0 Å². The lowest BCUT2D eigenvalue weighted by atomic mass is 10.1. The van der Waals surface area contributed by atoms with Crippen LogP contribution in [0.1, 0.15) is 0 Å². The van der Waals surface area contributed by atoms with Gasteiger partial charge in [0, 0.05) is 68.3 Å². The van der Waals surface area contributed by atoms with Gasteiger partial charge in [-0.15, -0.1) is 0 Å². The van der Waals surface area contributed by atoms with E-state index < -0.39 is 6.23 Å². The highest BCUT2D eigenvalue weighted by Gasteiger charge is 2.29. The third-order valence-electron chi connectivity index (χ3n) is 7.46. The monoisotopic (exact) mass is 530 g/mol. The van der Waals surface area contributed by atoms with Gasteiger partial charge in [-0.05, 0) is 18.2 Å². The minimum atomic E-state index is -0.782. The van der Waals surface area contributed by atoms with Gasteiger partial charge in [0.05, 0.1) is 37.7 Å². The molecule has 3 aliphatic heterocycles. The molecule has 1 unspecified atom stereocenters. The smallest absolute Gasteiger partial charge is 0.237 e. The summed E-state index contributed by atoms with van der Waals surface area (Å²) in [5.74, 6) is 1.86. The lowest BCUT2D eigenvalue weighted by molar-refractivity contribution is -0.0660. The molecule has 6 heterocycles. The summed E-state index contributed by atoms with van der Waals surface area (Å²) in [6.45, 7) is 5.78. The predicted molar refractivity (Wildman–Crippen MR) is 146 cm³/mol. The van der Waals surface area contributed by atoms with E-state index in [4.69, 9.17) is 19.2 Å². The number of piperazine rings is 1. The number of nitrogens with zero attached hydrogens (tertiary/aromatic N) is 6. The van der Waals surface area contributed by atoms with Crippen LogP contribution < -0.4 is 25.0 Å². The second-order valence-electron chi connectivity index (χ2n) is 9.91. The van der Waals surface area contributed by atoms with Crippen molar-refractivity contribution in [2.24, 2.45) is 0 Å². The first-order valence-electron chi connectivity index (χ1n) is 13.1. The molecule has 3 N–H and O–H groups in total. The van der Waals surface area contributed by atoms with E-state index in [1.807, 2.05) is 35.0 Å². The zero-order valence-corrected chi connectivity index (χ0v) is 21.6. The molecule has 0 bridgehead atoms. The van der Waals surface area contributed by atoms with Gasteiger partial charge in [-0.25, -0.2) is 15.0 Å². The average Bonchev–Trinajstić information content (AvgIpc) is 3.41. The van der Waals surface area contributed by atoms with Crippen LogP contribution in [0.25, 0.3) is 16.9 Å². The highest BCUT2D eigenvalue weighted by atomic mass is 16.5. The summed E-state index contributed by atoms with van der Waals surface area (Å²) >= 11 is 0. The number of aromatic nitrogens is 4. The third-order valence-corrected chi connectivity index (χ3v) is 7.46. The molecular weight excluding hydrogens is 500 g/mol. The Hall–Kier alpha value is -4.13. The van der Waals surface area contributed by atoms with Gasteiger partial charge in [0.2, 0.25) is 5.88 Å². The number of anilines is 4.